The molecule has 6 nitrogen and oxygen atoms in total. The number of rotatable bonds is 4. The van der Waals surface area contributed by atoms with E-state index >= 15 is 0 Å². The Morgan fingerprint density at radius 3 is 2.52 bits per heavy atom. The van der Waals surface area contributed by atoms with Crippen LogP contribution in [0.2, 0.25) is 18.1 Å². The Balaban J connectivity index is 2.20. The van der Waals surface area contributed by atoms with Gasteiger partial charge in [0.15, 0.2) is 8.32 Å². The van der Waals surface area contributed by atoms with Crippen molar-refractivity contribution >= 4 is 33.5 Å². The molecule has 1 amide bonds. The molecule has 155 valence electrons. The fourth-order valence-corrected chi connectivity index (χ4v) is 4.87. The van der Waals surface area contributed by atoms with E-state index in [1.54, 1.807) is 28.8 Å². The Kier molecular flexibility index (Phi) is 5.47. The molecule has 2 aliphatic rings. The molecule has 0 saturated carbocycles. The molecule has 1 N–H and O–H groups in total. The van der Waals surface area contributed by atoms with Gasteiger partial charge in [-0.2, -0.15) is 0 Å². The first-order chi connectivity index (χ1) is 13.4. The summed E-state index contributed by atoms with van der Waals surface area (Å²) in [7, 11) is -0.824. The lowest BCUT2D eigenvalue weighted by atomic mass is 9.90. The summed E-state index contributed by atoms with van der Waals surface area (Å²) < 4.78 is 6.79. The van der Waals surface area contributed by atoms with Gasteiger partial charge in [0.25, 0.3) is 5.91 Å². The second-order valence-corrected chi connectivity index (χ2v) is 14.3. The summed E-state index contributed by atoms with van der Waals surface area (Å²) in [5.74, 6) is -0.0590. The van der Waals surface area contributed by atoms with Gasteiger partial charge in [-0.05, 0) is 50.0 Å². The molecule has 0 aromatic heterocycles. The number of anilines is 1. The van der Waals surface area contributed by atoms with E-state index in [1.165, 1.54) is 7.41 Å². The van der Waals surface area contributed by atoms with Gasteiger partial charge in [-0.15, -0.1) is 0 Å². The van der Waals surface area contributed by atoms with Crippen LogP contribution >= 0.6 is 0 Å². The number of aromatic hydroxyl groups is 1. The third-order valence-corrected chi connectivity index (χ3v) is 10.8. The van der Waals surface area contributed by atoms with E-state index < -0.39 is 14.5 Å². The molecule has 0 fully saturated rings. The fourth-order valence-electron chi connectivity index (χ4n) is 3.64. The van der Waals surface area contributed by atoms with Gasteiger partial charge in [-0.25, -0.2) is 0 Å². The summed E-state index contributed by atoms with van der Waals surface area (Å²) >= 11 is 0. The maximum Gasteiger partial charge on any atom is 0.331 e. The molecular formula is C21H30BN2O4Si. The van der Waals surface area contributed by atoms with E-state index in [2.05, 4.69) is 33.9 Å². The summed E-state index contributed by atoms with van der Waals surface area (Å²) in [6.45, 7) is 14.6. The lowest BCUT2D eigenvalue weighted by Crippen LogP contribution is -2.57. The highest BCUT2D eigenvalue weighted by Crippen LogP contribution is 2.43. The average Bonchev–Trinajstić information content (AvgIpc) is 2.97. The zero-order chi connectivity index (χ0) is 21.7. The molecule has 8 heteroatoms. The number of benzene rings is 1. The normalized spacial score (nSPS) is 22.0. The van der Waals surface area contributed by atoms with E-state index in [0.29, 0.717) is 29.4 Å². The van der Waals surface area contributed by atoms with Crippen LogP contribution in [0.4, 0.5) is 5.69 Å². The maximum absolute atomic E-state index is 13.4. The van der Waals surface area contributed by atoms with Crippen LogP contribution in [0.5, 0.6) is 5.75 Å². The van der Waals surface area contributed by atoms with Crippen molar-refractivity contribution < 1.29 is 19.1 Å². The number of aryl methyl sites for hydroxylation is 1. The van der Waals surface area contributed by atoms with Crippen molar-refractivity contribution in [1.82, 2.24) is 4.90 Å². The van der Waals surface area contributed by atoms with Gasteiger partial charge < -0.3 is 24.0 Å². The van der Waals surface area contributed by atoms with Crippen LogP contribution in [0.1, 0.15) is 50.0 Å². The first-order valence-corrected chi connectivity index (χ1v) is 12.9. The largest absolute Gasteiger partial charge is 0.508 e. The van der Waals surface area contributed by atoms with Gasteiger partial charge in [0.1, 0.15) is 18.2 Å². The van der Waals surface area contributed by atoms with E-state index in [9.17, 15) is 14.7 Å². The highest BCUT2D eigenvalue weighted by atomic mass is 28.4. The molecule has 1 aromatic carbocycles. The number of nitrogens with zero attached hydrogens (tertiary/aromatic N) is 2. The van der Waals surface area contributed by atoms with Crippen molar-refractivity contribution in [3.05, 3.63) is 35.0 Å². The first-order valence-electron chi connectivity index (χ1n) is 9.96. The van der Waals surface area contributed by atoms with E-state index in [4.69, 9.17) is 4.43 Å². The second kappa shape index (κ2) is 7.32. The molecule has 0 spiro atoms. The number of carbonyl (C=O) groups is 2. The lowest BCUT2D eigenvalue weighted by molar-refractivity contribution is 0.0638. The average molecular weight is 413 g/mol. The smallest absolute Gasteiger partial charge is 0.331 e. The van der Waals surface area contributed by atoms with Gasteiger partial charge in [0, 0.05) is 18.0 Å². The topological polar surface area (TPSA) is 70.1 Å². The fraction of sp³-hybridized carbons (Fsp3) is 0.524. The predicted octanol–water partition coefficient (Wildman–Crippen LogP) is 3.80. The Morgan fingerprint density at radius 2 is 1.93 bits per heavy atom. The molecule has 0 aliphatic carbocycles. The summed E-state index contributed by atoms with van der Waals surface area (Å²) in [5.41, 5.74) is 2.66. The summed E-state index contributed by atoms with van der Waals surface area (Å²) in [5, 5.41) is 10.3. The minimum Gasteiger partial charge on any atom is -0.508 e. The van der Waals surface area contributed by atoms with Crippen LogP contribution in [0.3, 0.4) is 0 Å². The quantitative estimate of drug-likeness (QED) is 0.601. The Labute approximate surface area is 174 Å². The van der Waals surface area contributed by atoms with Crippen LogP contribution in [0, 0.1) is 6.92 Å². The molecule has 2 heterocycles. The molecule has 0 bridgehead atoms. The predicted molar refractivity (Wildman–Crippen MR) is 118 cm³/mol. The van der Waals surface area contributed by atoms with E-state index in [0.717, 1.165) is 5.57 Å². The van der Waals surface area contributed by atoms with Gasteiger partial charge >= 0.3 is 7.41 Å². The summed E-state index contributed by atoms with van der Waals surface area (Å²) in [4.78, 5) is 28.5. The van der Waals surface area contributed by atoms with Crippen molar-refractivity contribution in [1.29, 1.82) is 0 Å². The Bertz CT molecular complexity index is 878. The SMILES string of the molecule is CC1=CN2C(=O)c3cc(C)c(O)cc3N([B]C=O)[C@@H](O[Si](C)(C)C(C)(C)C)[C@@H]2C1. The third-order valence-electron chi connectivity index (χ3n) is 6.35. The van der Waals surface area contributed by atoms with Gasteiger partial charge in [-0.3, -0.25) is 4.79 Å². The Morgan fingerprint density at radius 1 is 1.28 bits per heavy atom. The maximum atomic E-state index is 13.4. The number of phenols is 1. The molecular weight excluding hydrogens is 383 g/mol. The van der Waals surface area contributed by atoms with Crippen molar-refractivity contribution in [2.24, 2.45) is 0 Å². The number of phenolic OH excluding ortho intramolecular Hbond substituents is 1. The minimum atomic E-state index is -2.24. The van der Waals surface area contributed by atoms with E-state index in [1.807, 2.05) is 13.1 Å². The number of hydrogen-bond donors (Lipinski definition) is 1. The number of amides is 1. The monoisotopic (exact) mass is 413 g/mol. The van der Waals surface area contributed by atoms with Crippen LogP contribution < -0.4 is 4.81 Å². The molecule has 2 aliphatic heterocycles. The first kappa shape index (κ1) is 21.6. The molecule has 1 radical (unpaired) electrons. The van der Waals surface area contributed by atoms with Crippen LogP contribution in [-0.4, -0.2) is 50.1 Å². The van der Waals surface area contributed by atoms with Gasteiger partial charge in [-0.1, -0.05) is 26.3 Å². The zero-order valence-corrected chi connectivity index (χ0v) is 19.3. The molecule has 1 aromatic rings. The second-order valence-electron chi connectivity index (χ2n) is 9.58. The number of hydrogen-bond acceptors (Lipinski definition) is 5. The van der Waals surface area contributed by atoms with Crippen molar-refractivity contribution in [3.63, 3.8) is 0 Å². The van der Waals surface area contributed by atoms with Gasteiger partial charge in [0.2, 0.25) is 0 Å². The van der Waals surface area contributed by atoms with E-state index in [-0.39, 0.29) is 22.7 Å². The van der Waals surface area contributed by atoms with Crippen molar-refractivity contribution in [2.75, 3.05) is 4.81 Å². The summed E-state index contributed by atoms with van der Waals surface area (Å²) in [6, 6.07) is 3.00. The minimum absolute atomic E-state index is 0.0414. The Hall–Kier alpha value is -2.06. The number of fused-ring (bicyclic) bond motifs is 2. The van der Waals surface area contributed by atoms with Crippen LogP contribution in [0.15, 0.2) is 23.9 Å². The molecule has 3 rings (SSSR count). The van der Waals surface area contributed by atoms with Crippen LogP contribution in [-0.2, 0) is 9.22 Å². The number of carbonyl (C=O) groups excluding carboxylic acids is 2. The lowest BCUT2D eigenvalue weighted by Gasteiger charge is -2.45. The van der Waals surface area contributed by atoms with Gasteiger partial charge in [0.05, 0.1) is 11.6 Å². The van der Waals surface area contributed by atoms with Crippen molar-refractivity contribution in [3.8, 4) is 5.75 Å². The highest BCUT2D eigenvalue weighted by molar-refractivity contribution is 6.74. The standard InChI is InChI=1S/C21H30BN2O4Si/c1-13-8-17-20(28-29(6,7)21(3,4)5)24(22-12-25)16-10-18(26)14(2)9-15(16)19(27)23(17)11-13/h9-12,17,20,26H,8H2,1-7H3/t17-,20-/m0/s1. The highest BCUT2D eigenvalue weighted by Gasteiger charge is 2.48. The molecule has 29 heavy (non-hydrogen) atoms. The third kappa shape index (κ3) is 3.75. The molecule has 0 saturated heterocycles. The van der Waals surface area contributed by atoms with Crippen molar-refractivity contribution in [2.45, 2.75) is 71.4 Å². The zero-order valence-electron chi connectivity index (χ0n) is 18.3. The van der Waals surface area contributed by atoms with Crippen LogP contribution in [0.25, 0.3) is 0 Å². The molecule has 2 atom stereocenters. The summed E-state index contributed by atoms with van der Waals surface area (Å²) in [6.07, 6.45) is 2.73. The molecule has 0 unspecified atom stereocenters.